The van der Waals surface area contributed by atoms with Crippen molar-refractivity contribution in [2.75, 3.05) is 45.2 Å². The molecule has 4 heterocycles. The number of hydrogen-bond donors (Lipinski definition) is 2. The van der Waals surface area contributed by atoms with Gasteiger partial charge in [0.25, 0.3) is 5.92 Å². The quantitative estimate of drug-likeness (QED) is 0.182. The van der Waals surface area contributed by atoms with Crippen molar-refractivity contribution >= 4 is 38.4 Å². The first-order chi connectivity index (χ1) is 22.9. The molecule has 8 rings (SSSR count). The third-order valence-electron chi connectivity index (χ3n) is 9.92. The fourth-order valence-electron chi connectivity index (χ4n) is 7.75. The van der Waals surface area contributed by atoms with Gasteiger partial charge in [-0.05, 0) is 56.1 Å². The van der Waals surface area contributed by atoms with Crippen LogP contribution in [-0.2, 0) is 7.05 Å². The minimum atomic E-state index is -2.92. The van der Waals surface area contributed by atoms with Crippen LogP contribution in [0.15, 0.2) is 30.5 Å². The van der Waals surface area contributed by atoms with E-state index in [9.17, 15) is 13.9 Å². The molecule has 2 bridgehead atoms. The molecular formula is C35H33F4N7O2. The predicted octanol–water partition coefficient (Wildman–Crippen LogP) is 5.21. The molecule has 1 saturated carbocycles. The first-order valence-electron chi connectivity index (χ1n) is 15.8. The van der Waals surface area contributed by atoms with Crippen molar-refractivity contribution in [2.24, 2.45) is 12.5 Å². The number of fused-ring (bicyclic) bond motifs is 6. The zero-order valence-electron chi connectivity index (χ0n) is 26.6. The van der Waals surface area contributed by atoms with E-state index < -0.39 is 23.0 Å². The van der Waals surface area contributed by atoms with Gasteiger partial charge in [-0.1, -0.05) is 12.0 Å². The Labute approximate surface area is 273 Å². The average molecular weight is 660 g/mol. The maximum atomic E-state index is 17.4. The van der Waals surface area contributed by atoms with Gasteiger partial charge in [-0.3, -0.25) is 4.68 Å². The second kappa shape index (κ2) is 10.7. The number of benzene rings is 3. The number of hydrogen-bond acceptors (Lipinski definition) is 8. The summed E-state index contributed by atoms with van der Waals surface area (Å²) in [5, 5.41) is 20.5. The topological polar surface area (TPSA) is 91.6 Å². The minimum absolute atomic E-state index is 0.0464. The van der Waals surface area contributed by atoms with Crippen LogP contribution in [0.3, 0.4) is 0 Å². The summed E-state index contributed by atoms with van der Waals surface area (Å²) in [5.41, 5.74) is -1.31. The van der Waals surface area contributed by atoms with Crippen LogP contribution in [0.5, 0.6) is 11.8 Å². The van der Waals surface area contributed by atoms with Gasteiger partial charge >= 0.3 is 6.01 Å². The summed E-state index contributed by atoms with van der Waals surface area (Å²) < 4.78 is 69.3. The van der Waals surface area contributed by atoms with Crippen molar-refractivity contribution in [3.05, 3.63) is 47.7 Å². The Balaban J connectivity index is 1.39. The summed E-state index contributed by atoms with van der Waals surface area (Å²) >= 11 is 0. The van der Waals surface area contributed by atoms with Gasteiger partial charge < -0.3 is 25.0 Å². The van der Waals surface area contributed by atoms with Gasteiger partial charge in [-0.2, -0.15) is 15.1 Å². The molecule has 3 fully saturated rings. The standard InChI is InChI=1S/C35H33F4N7O2/c1-5-22-25(36)9-6-18-10-21(47)11-23(26(18)22)27-29(37)31-28(24-14-45(4)43-30(24)27)32(46-12-19-7-8-20(13-46)40-19)42-33(41-31)48-17-34(16-44(2)3)15-35(34,38)39/h1,6,9-11,14,19-20,40,47H,7-8,12-13,15-17H2,2-4H3/t19-,20+,34-/m0/s1. The molecule has 5 aromatic rings. The van der Waals surface area contributed by atoms with Crippen LogP contribution >= 0.6 is 0 Å². The second-order valence-electron chi connectivity index (χ2n) is 13.7. The third-order valence-corrected chi connectivity index (χ3v) is 9.92. The summed E-state index contributed by atoms with van der Waals surface area (Å²) in [4.78, 5) is 13.1. The fourth-order valence-corrected chi connectivity index (χ4v) is 7.75. The lowest BCUT2D eigenvalue weighted by Gasteiger charge is -2.34. The highest BCUT2D eigenvalue weighted by Gasteiger charge is 2.71. The van der Waals surface area contributed by atoms with E-state index in [0.29, 0.717) is 35.1 Å². The Morgan fingerprint density at radius 3 is 2.50 bits per heavy atom. The Kier molecular flexibility index (Phi) is 6.81. The molecule has 2 N–H and O–H groups in total. The minimum Gasteiger partial charge on any atom is -0.508 e. The molecule has 1 aliphatic carbocycles. The number of terminal acetylenes is 1. The summed E-state index contributed by atoms with van der Waals surface area (Å²) in [5.74, 6) is -1.80. The number of aryl methyl sites for hydroxylation is 1. The van der Waals surface area contributed by atoms with E-state index in [1.807, 2.05) is 0 Å². The van der Waals surface area contributed by atoms with Crippen molar-refractivity contribution in [1.82, 2.24) is 30.0 Å². The van der Waals surface area contributed by atoms with Gasteiger partial charge in [0.1, 0.15) is 35.0 Å². The normalized spacial score (nSPS) is 23.0. The Bertz CT molecular complexity index is 2180. The highest BCUT2D eigenvalue weighted by atomic mass is 19.3. The first kappa shape index (κ1) is 30.7. The van der Waals surface area contributed by atoms with E-state index in [1.54, 1.807) is 32.2 Å². The van der Waals surface area contributed by atoms with E-state index in [2.05, 4.69) is 26.2 Å². The molecular weight excluding hydrogens is 626 g/mol. The molecule has 3 aromatic carbocycles. The van der Waals surface area contributed by atoms with Crippen LogP contribution < -0.4 is 15.0 Å². The Morgan fingerprint density at radius 2 is 1.83 bits per heavy atom. The van der Waals surface area contributed by atoms with Crippen LogP contribution in [0, 0.1) is 29.4 Å². The van der Waals surface area contributed by atoms with E-state index in [4.69, 9.17) is 16.1 Å². The van der Waals surface area contributed by atoms with Crippen molar-refractivity contribution in [2.45, 2.75) is 37.3 Å². The summed E-state index contributed by atoms with van der Waals surface area (Å²) in [6.07, 6.45) is 9.10. The summed E-state index contributed by atoms with van der Waals surface area (Å²) in [6.45, 7) is 0.923. The molecule has 0 unspecified atom stereocenters. The number of phenols is 1. The molecule has 0 radical (unpaired) electrons. The Hall–Kier alpha value is -4.67. The summed E-state index contributed by atoms with van der Waals surface area (Å²) in [6, 6.07) is 5.60. The maximum absolute atomic E-state index is 17.4. The van der Waals surface area contributed by atoms with Crippen LogP contribution in [0.2, 0.25) is 0 Å². The monoisotopic (exact) mass is 659 g/mol. The molecule has 0 amide bonds. The van der Waals surface area contributed by atoms with Crippen LogP contribution in [-0.4, -0.2) is 88.1 Å². The number of rotatable bonds is 7. The molecule has 0 spiro atoms. The number of phenolic OH excluding ortho intramolecular Hbond substituents is 1. The number of nitrogens with one attached hydrogen (secondary N) is 1. The van der Waals surface area contributed by atoms with Gasteiger partial charge in [0.05, 0.1) is 16.4 Å². The molecule has 13 heteroatoms. The Morgan fingerprint density at radius 1 is 1.10 bits per heavy atom. The molecule has 2 aromatic heterocycles. The predicted molar refractivity (Wildman–Crippen MR) is 174 cm³/mol. The van der Waals surface area contributed by atoms with E-state index in [-0.39, 0.29) is 76.5 Å². The number of ether oxygens (including phenoxy) is 1. The number of nitrogens with zero attached hydrogens (tertiary/aromatic N) is 6. The van der Waals surface area contributed by atoms with E-state index in [0.717, 1.165) is 12.8 Å². The van der Waals surface area contributed by atoms with Gasteiger partial charge in [-0.15, -0.1) is 6.42 Å². The van der Waals surface area contributed by atoms with Gasteiger partial charge in [-0.25, -0.2) is 17.6 Å². The summed E-state index contributed by atoms with van der Waals surface area (Å²) in [7, 11) is 5.14. The second-order valence-corrected chi connectivity index (χ2v) is 13.7. The molecule has 3 aliphatic rings. The van der Waals surface area contributed by atoms with Crippen molar-refractivity contribution < 1.29 is 27.4 Å². The number of alkyl halides is 2. The zero-order chi connectivity index (χ0) is 33.7. The average Bonchev–Trinajstić information content (AvgIpc) is 3.26. The number of aromatic nitrogens is 4. The maximum Gasteiger partial charge on any atom is 0.319 e. The molecule has 3 atom stereocenters. The molecule has 48 heavy (non-hydrogen) atoms. The van der Waals surface area contributed by atoms with Gasteiger partial charge in [0.2, 0.25) is 0 Å². The third kappa shape index (κ3) is 4.72. The van der Waals surface area contributed by atoms with Crippen LogP contribution in [0.1, 0.15) is 24.8 Å². The smallest absolute Gasteiger partial charge is 0.319 e. The largest absolute Gasteiger partial charge is 0.508 e. The molecule has 2 saturated heterocycles. The molecule has 9 nitrogen and oxygen atoms in total. The number of piperazine rings is 1. The van der Waals surface area contributed by atoms with Crippen LogP contribution in [0.4, 0.5) is 23.4 Å². The lowest BCUT2D eigenvalue weighted by atomic mass is 9.91. The molecule has 248 valence electrons. The highest BCUT2D eigenvalue weighted by molar-refractivity contribution is 6.18. The zero-order valence-corrected chi connectivity index (χ0v) is 26.6. The van der Waals surface area contributed by atoms with Crippen molar-refractivity contribution in [3.8, 4) is 35.2 Å². The van der Waals surface area contributed by atoms with Crippen LogP contribution in [0.25, 0.3) is 43.7 Å². The van der Waals surface area contributed by atoms with E-state index in [1.165, 1.54) is 28.9 Å². The van der Waals surface area contributed by atoms with Crippen molar-refractivity contribution in [3.63, 3.8) is 0 Å². The SMILES string of the molecule is C#Cc1c(F)ccc2cc(O)cc(-c3c(F)c4nc(OC[C@@]5(CN(C)C)CC5(F)F)nc(N5C[C@H]6CC[C@@H](C5)N6)c4c4cn(C)nc34)c12. The van der Waals surface area contributed by atoms with Crippen molar-refractivity contribution in [1.29, 1.82) is 0 Å². The number of anilines is 1. The van der Waals surface area contributed by atoms with Gasteiger partial charge in [0, 0.05) is 67.7 Å². The fraction of sp³-hybridized carbons (Fsp3) is 0.400. The number of aromatic hydroxyl groups is 1. The first-order valence-corrected chi connectivity index (χ1v) is 15.8. The van der Waals surface area contributed by atoms with E-state index >= 15 is 8.78 Å². The number of halogens is 4. The lowest BCUT2D eigenvalue weighted by Crippen LogP contribution is -2.51. The van der Waals surface area contributed by atoms with Gasteiger partial charge in [0.15, 0.2) is 5.82 Å². The molecule has 2 aliphatic heterocycles. The highest BCUT2D eigenvalue weighted by Crippen LogP contribution is 2.60. The lowest BCUT2D eigenvalue weighted by molar-refractivity contribution is 0.0288.